The molecule has 3 rings (SSSR count). The molecule has 3 aromatic rings. The molecule has 0 unspecified atom stereocenters. The van der Waals surface area contributed by atoms with E-state index in [0.717, 1.165) is 33.0 Å². The first-order valence-corrected chi connectivity index (χ1v) is 8.08. The van der Waals surface area contributed by atoms with Gasteiger partial charge in [0.05, 0.1) is 12.1 Å². The van der Waals surface area contributed by atoms with E-state index in [9.17, 15) is 9.59 Å². The lowest BCUT2D eigenvalue weighted by Crippen LogP contribution is -2.31. The van der Waals surface area contributed by atoms with Crippen LogP contribution in [0.5, 0.6) is 0 Å². The van der Waals surface area contributed by atoms with Crippen molar-refractivity contribution in [2.45, 2.75) is 13.3 Å². The van der Waals surface area contributed by atoms with E-state index >= 15 is 0 Å². The van der Waals surface area contributed by atoms with Crippen molar-refractivity contribution in [1.82, 2.24) is 4.68 Å². The Morgan fingerprint density at radius 1 is 1.04 bits per heavy atom. The van der Waals surface area contributed by atoms with Crippen LogP contribution in [0.2, 0.25) is 0 Å². The van der Waals surface area contributed by atoms with Crippen LogP contribution in [0.3, 0.4) is 0 Å². The van der Waals surface area contributed by atoms with Gasteiger partial charge in [0.2, 0.25) is 5.91 Å². The van der Waals surface area contributed by atoms with E-state index in [1.54, 1.807) is 0 Å². The van der Waals surface area contributed by atoms with E-state index in [4.69, 9.17) is 0 Å². The van der Waals surface area contributed by atoms with Gasteiger partial charge in [-0.3, -0.25) is 15.0 Å². The number of nitrogens with zero attached hydrogens (tertiary/aromatic N) is 1. The lowest BCUT2D eigenvalue weighted by atomic mass is 10.1. The van der Waals surface area contributed by atoms with E-state index in [-0.39, 0.29) is 17.2 Å². The molecule has 4 nitrogen and oxygen atoms in total. The molecule has 1 aromatic heterocycles. The van der Waals surface area contributed by atoms with Gasteiger partial charge < -0.3 is 0 Å². The van der Waals surface area contributed by atoms with Crippen molar-refractivity contribution in [3.05, 3.63) is 80.8 Å². The first-order chi connectivity index (χ1) is 11.1. The Balaban J connectivity index is 1.89. The number of amides is 1. The molecule has 0 atom stereocenters. The molecule has 116 valence electrons. The molecular formula is C18H16N2O2S. The molecule has 1 heterocycles. The monoisotopic (exact) mass is 324 g/mol. The molecule has 0 radical (unpaired) electrons. The SMILES string of the molecule is Cc1sc(=O)n(NC(=O)Cc2ccccc2)c1-c1ccccc1. The van der Waals surface area contributed by atoms with Crippen LogP contribution in [0.15, 0.2) is 65.5 Å². The van der Waals surface area contributed by atoms with E-state index in [1.165, 1.54) is 4.68 Å². The minimum absolute atomic E-state index is 0.192. The highest BCUT2D eigenvalue weighted by Gasteiger charge is 2.15. The van der Waals surface area contributed by atoms with Crippen LogP contribution in [-0.4, -0.2) is 10.6 Å². The molecule has 0 aliphatic rings. The van der Waals surface area contributed by atoms with E-state index < -0.39 is 0 Å². The molecule has 0 aliphatic carbocycles. The Bertz CT molecular complexity index is 867. The van der Waals surface area contributed by atoms with E-state index in [1.807, 2.05) is 67.6 Å². The zero-order valence-corrected chi connectivity index (χ0v) is 13.5. The number of rotatable bonds is 4. The molecule has 2 aromatic carbocycles. The minimum Gasteiger partial charge on any atom is -0.273 e. The van der Waals surface area contributed by atoms with Crippen LogP contribution in [0.4, 0.5) is 0 Å². The van der Waals surface area contributed by atoms with Crippen molar-refractivity contribution in [1.29, 1.82) is 0 Å². The molecule has 0 spiro atoms. The van der Waals surface area contributed by atoms with E-state index in [2.05, 4.69) is 5.43 Å². The van der Waals surface area contributed by atoms with Gasteiger partial charge in [0, 0.05) is 10.4 Å². The van der Waals surface area contributed by atoms with Gasteiger partial charge in [-0.25, -0.2) is 4.68 Å². The second kappa shape index (κ2) is 6.62. The molecular weight excluding hydrogens is 308 g/mol. The maximum Gasteiger partial charge on any atom is 0.326 e. The predicted molar refractivity (Wildman–Crippen MR) is 93.3 cm³/mol. The third-order valence-electron chi connectivity index (χ3n) is 3.47. The quantitative estimate of drug-likeness (QED) is 0.801. The fourth-order valence-corrected chi connectivity index (χ4v) is 3.25. The first-order valence-electron chi connectivity index (χ1n) is 7.27. The van der Waals surface area contributed by atoms with Crippen LogP contribution in [0.25, 0.3) is 11.3 Å². The average molecular weight is 324 g/mol. The Kier molecular flexibility index (Phi) is 4.39. The maximum atomic E-state index is 12.3. The topological polar surface area (TPSA) is 51.1 Å². The average Bonchev–Trinajstić information content (AvgIpc) is 2.83. The Morgan fingerprint density at radius 3 is 2.30 bits per heavy atom. The van der Waals surface area contributed by atoms with Gasteiger partial charge >= 0.3 is 4.87 Å². The number of carbonyl (C=O) groups is 1. The van der Waals surface area contributed by atoms with Crippen LogP contribution in [0, 0.1) is 6.92 Å². The van der Waals surface area contributed by atoms with Gasteiger partial charge in [-0.15, -0.1) is 0 Å². The van der Waals surface area contributed by atoms with Gasteiger partial charge in [0.1, 0.15) is 0 Å². The largest absolute Gasteiger partial charge is 0.326 e. The normalized spacial score (nSPS) is 10.5. The third-order valence-corrected chi connectivity index (χ3v) is 4.33. The minimum atomic E-state index is -0.215. The van der Waals surface area contributed by atoms with Crippen molar-refractivity contribution in [2.75, 3.05) is 5.43 Å². The number of carbonyl (C=O) groups excluding carboxylic acids is 1. The summed E-state index contributed by atoms with van der Waals surface area (Å²) in [7, 11) is 0. The molecule has 1 amide bonds. The highest BCUT2D eigenvalue weighted by atomic mass is 32.1. The summed E-state index contributed by atoms with van der Waals surface area (Å²) in [6.07, 6.45) is 0.233. The van der Waals surface area contributed by atoms with Gasteiger partial charge in [-0.1, -0.05) is 72.0 Å². The van der Waals surface area contributed by atoms with Gasteiger partial charge in [-0.2, -0.15) is 0 Å². The standard InChI is InChI=1S/C18H16N2O2S/c1-13-17(15-10-6-3-7-11-15)20(18(22)23-13)19-16(21)12-14-8-4-2-5-9-14/h2-11H,12H2,1H3,(H,19,21). The van der Waals surface area contributed by atoms with Crippen molar-refractivity contribution < 1.29 is 4.79 Å². The lowest BCUT2D eigenvalue weighted by molar-refractivity contribution is -0.116. The zero-order valence-electron chi connectivity index (χ0n) is 12.7. The summed E-state index contributed by atoms with van der Waals surface area (Å²) in [5.74, 6) is -0.215. The summed E-state index contributed by atoms with van der Waals surface area (Å²) in [4.78, 5) is 25.1. The Labute approximate surface area is 138 Å². The Morgan fingerprint density at radius 2 is 1.65 bits per heavy atom. The van der Waals surface area contributed by atoms with Crippen molar-refractivity contribution in [3.8, 4) is 11.3 Å². The number of aryl methyl sites for hydroxylation is 1. The maximum absolute atomic E-state index is 12.3. The molecule has 23 heavy (non-hydrogen) atoms. The van der Waals surface area contributed by atoms with Crippen LogP contribution < -0.4 is 10.3 Å². The smallest absolute Gasteiger partial charge is 0.273 e. The molecule has 0 fully saturated rings. The molecule has 0 bridgehead atoms. The molecule has 0 aliphatic heterocycles. The third kappa shape index (κ3) is 3.40. The second-order valence-electron chi connectivity index (χ2n) is 5.17. The van der Waals surface area contributed by atoms with Crippen molar-refractivity contribution in [2.24, 2.45) is 0 Å². The number of hydrogen-bond acceptors (Lipinski definition) is 3. The Hall–Kier alpha value is -2.66. The van der Waals surface area contributed by atoms with Crippen molar-refractivity contribution >= 4 is 17.2 Å². The molecule has 5 heteroatoms. The highest BCUT2D eigenvalue weighted by Crippen LogP contribution is 2.23. The fourth-order valence-electron chi connectivity index (χ4n) is 2.45. The number of nitrogens with one attached hydrogen (secondary N) is 1. The van der Waals surface area contributed by atoms with Gasteiger partial charge in [0.15, 0.2) is 0 Å². The number of thiazole rings is 1. The number of benzene rings is 2. The summed E-state index contributed by atoms with van der Waals surface area (Å²) in [5, 5.41) is 0. The summed E-state index contributed by atoms with van der Waals surface area (Å²) >= 11 is 1.13. The predicted octanol–water partition coefficient (Wildman–Crippen LogP) is 3.20. The number of aromatic nitrogens is 1. The highest BCUT2D eigenvalue weighted by molar-refractivity contribution is 7.09. The molecule has 0 saturated carbocycles. The van der Waals surface area contributed by atoms with Crippen molar-refractivity contribution in [3.63, 3.8) is 0 Å². The lowest BCUT2D eigenvalue weighted by Gasteiger charge is -2.10. The van der Waals surface area contributed by atoms with E-state index in [0.29, 0.717) is 0 Å². The number of hydrogen-bond donors (Lipinski definition) is 1. The summed E-state index contributed by atoms with van der Waals surface area (Å²) in [6.45, 7) is 1.88. The van der Waals surface area contributed by atoms with Crippen LogP contribution in [-0.2, 0) is 11.2 Å². The second-order valence-corrected chi connectivity index (χ2v) is 6.34. The summed E-state index contributed by atoms with van der Waals surface area (Å²) in [6, 6.07) is 19.0. The van der Waals surface area contributed by atoms with Crippen LogP contribution >= 0.6 is 11.3 Å². The first kappa shape index (κ1) is 15.2. The summed E-state index contributed by atoms with van der Waals surface area (Å²) in [5.41, 5.74) is 5.27. The van der Waals surface area contributed by atoms with Gasteiger partial charge in [0.25, 0.3) is 0 Å². The fraction of sp³-hybridized carbons (Fsp3) is 0.111. The molecule has 0 saturated heterocycles. The van der Waals surface area contributed by atoms with Gasteiger partial charge in [-0.05, 0) is 12.5 Å². The van der Waals surface area contributed by atoms with Crippen LogP contribution in [0.1, 0.15) is 10.4 Å². The molecule has 1 N–H and O–H groups in total. The summed E-state index contributed by atoms with van der Waals surface area (Å²) < 4.78 is 1.35. The zero-order chi connectivity index (χ0) is 16.2.